The van der Waals surface area contributed by atoms with Crippen molar-refractivity contribution in [3.8, 4) is 16.9 Å². The number of aryl methyl sites for hydroxylation is 2. The summed E-state index contributed by atoms with van der Waals surface area (Å²) in [5, 5.41) is 9.93. The minimum Gasteiger partial charge on any atom is -0.490 e. The van der Waals surface area contributed by atoms with Gasteiger partial charge in [0.15, 0.2) is 0 Å². The second-order valence-corrected chi connectivity index (χ2v) is 8.07. The Kier molecular flexibility index (Phi) is 6.13. The normalized spacial score (nSPS) is 19.3. The van der Waals surface area contributed by atoms with Gasteiger partial charge in [-0.15, -0.1) is 0 Å². The van der Waals surface area contributed by atoms with Crippen LogP contribution in [0, 0.1) is 13.8 Å². The molecule has 2 aliphatic heterocycles. The Hall–Kier alpha value is -3.07. The molecule has 9 heteroatoms. The molecule has 1 atom stereocenters. The van der Waals surface area contributed by atoms with Gasteiger partial charge in [-0.2, -0.15) is 0 Å². The highest BCUT2D eigenvalue weighted by molar-refractivity contribution is 5.95. The SMILES string of the molecule is CCCNC(=O)N1CCN2CC(=O)Nc3cc(-c4c(C)noc4C)ccc3OC[C@H]2C1. The van der Waals surface area contributed by atoms with Crippen molar-refractivity contribution in [2.24, 2.45) is 0 Å². The van der Waals surface area contributed by atoms with E-state index >= 15 is 0 Å². The fraction of sp³-hybridized carbons (Fsp3) is 0.500. The van der Waals surface area contributed by atoms with Gasteiger partial charge in [-0.25, -0.2) is 4.79 Å². The molecule has 4 rings (SSSR count). The number of amides is 3. The number of ether oxygens (including phenoxy) is 1. The number of benzene rings is 1. The molecule has 1 aromatic heterocycles. The quantitative estimate of drug-likeness (QED) is 0.780. The van der Waals surface area contributed by atoms with Gasteiger partial charge >= 0.3 is 6.03 Å². The topological polar surface area (TPSA) is 99.9 Å². The zero-order chi connectivity index (χ0) is 22.0. The van der Waals surface area contributed by atoms with Crippen molar-refractivity contribution in [3.63, 3.8) is 0 Å². The number of carbonyl (C=O) groups excluding carboxylic acids is 2. The van der Waals surface area contributed by atoms with E-state index in [0.29, 0.717) is 44.2 Å². The van der Waals surface area contributed by atoms with Gasteiger partial charge in [-0.05, 0) is 38.0 Å². The van der Waals surface area contributed by atoms with Crippen molar-refractivity contribution in [3.05, 3.63) is 29.7 Å². The molecule has 0 bridgehead atoms. The monoisotopic (exact) mass is 427 g/mol. The van der Waals surface area contributed by atoms with Gasteiger partial charge in [0.05, 0.1) is 24.0 Å². The molecule has 2 N–H and O–H groups in total. The van der Waals surface area contributed by atoms with E-state index in [-0.39, 0.29) is 24.5 Å². The fourth-order valence-electron chi connectivity index (χ4n) is 4.15. The highest BCUT2D eigenvalue weighted by atomic mass is 16.5. The van der Waals surface area contributed by atoms with E-state index in [4.69, 9.17) is 9.26 Å². The second-order valence-electron chi connectivity index (χ2n) is 8.07. The summed E-state index contributed by atoms with van der Waals surface area (Å²) in [6, 6.07) is 5.59. The smallest absolute Gasteiger partial charge is 0.317 e. The Morgan fingerprint density at radius 2 is 2.16 bits per heavy atom. The highest BCUT2D eigenvalue weighted by Gasteiger charge is 2.32. The van der Waals surface area contributed by atoms with E-state index in [0.717, 1.165) is 29.0 Å². The van der Waals surface area contributed by atoms with Crippen LogP contribution in [0.3, 0.4) is 0 Å². The van der Waals surface area contributed by atoms with Crippen molar-refractivity contribution in [2.45, 2.75) is 33.2 Å². The van der Waals surface area contributed by atoms with Gasteiger partial charge in [0.25, 0.3) is 0 Å². The molecule has 2 aromatic rings. The number of nitrogens with one attached hydrogen (secondary N) is 2. The fourth-order valence-corrected chi connectivity index (χ4v) is 4.15. The van der Waals surface area contributed by atoms with E-state index in [1.165, 1.54) is 0 Å². The predicted octanol–water partition coefficient (Wildman–Crippen LogP) is 2.40. The summed E-state index contributed by atoms with van der Waals surface area (Å²) in [6.07, 6.45) is 0.894. The molecule has 1 fully saturated rings. The minimum atomic E-state index is -0.100. The summed E-state index contributed by atoms with van der Waals surface area (Å²) in [4.78, 5) is 29.0. The molecule has 31 heavy (non-hydrogen) atoms. The van der Waals surface area contributed by atoms with E-state index in [9.17, 15) is 9.59 Å². The van der Waals surface area contributed by atoms with Crippen molar-refractivity contribution < 1.29 is 18.8 Å². The van der Waals surface area contributed by atoms with Gasteiger partial charge in [0.1, 0.15) is 18.1 Å². The lowest BCUT2D eigenvalue weighted by molar-refractivity contribution is -0.118. The molecule has 0 saturated carbocycles. The summed E-state index contributed by atoms with van der Waals surface area (Å²) in [6.45, 7) is 8.83. The zero-order valence-electron chi connectivity index (χ0n) is 18.2. The number of hydrogen-bond donors (Lipinski definition) is 2. The molecule has 3 heterocycles. The maximum atomic E-state index is 12.8. The lowest BCUT2D eigenvalue weighted by Gasteiger charge is -2.40. The van der Waals surface area contributed by atoms with Crippen LogP contribution in [-0.2, 0) is 4.79 Å². The molecule has 0 spiro atoms. The number of fused-ring (bicyclic) bond motifs is 2. The molecule has 166 valence electrons. The Morgan fingerprint density at radius 3 is 2.90 bits per heavy atom. The first-order valence-corrected chi connectivity index (χ1v) is 10.7. The molecule has 9 nitrogen and oxygen atoms in total. The van der Waals surface area contributed by atoms with Crippen molar-refractivity contribution in [1.29, 1.82) is 0 Å². The average Bonchev–Trinajstić information content (AvgIpc) is 3.11. The maximum Gasteiger partial charge on any atom is 0.317 e. The minimum absolute atomic E-state index is 0.0555. The van der Waals surface area contributed by atoms with E-state index < -0.39 is 0 Å². The molecule has 1 aromatic carbocycles. The molecule has 2 aliphatic rings. The number of nitrogens with zero attached hydrogens (tertiary/aromatic N) is 3. The lowest BCUT2D eigenvalue weighted by atomic mass is 10.0. The van der Waals surface area contributed by atoms with E-state index in [1.54, 1.807) is 4.90 Å². The van der Waals surface area contributed by atoms with Crippen LogP contribution >= 0.6 is 0 Å². The summed E-state index contributed by atoms with van der Waals surface area (Å²) in [5.74, 6) is 1.24. The summed E-state index contributed by atoms with van der Waals surface area (Å²) >= 11 is 0. The number of carbonyl (C=O) groups is 2. The summed E-state index contributed by atoms with van der Waals surface area (Å²) in [7, 11) is 0. The lowest BCUT2D eigenvalue weighted by Crippen LogP contribution is -2.59. The first kappa shape index (κ1) is 21.2. The third-order valence-electron chi connectivity index (χ3n) is 5.77. The Balaban J connectivity index is 1.54. The molecule has 3 amide bonds. The van der Waals surface area contributed by atoms with Crippen LogP contribution in [-0.4, -0.2) is 72.3 Å². The van der Waals surface area contributed by atoms with Gasteiger partial charge in [-0.1, -0.05) is 18.1 Å². The Labute approximate surface area is 181 Å². The summed E-state index contributed by atoms with van der Waals surface area (Å²) < 4.78 is 11.4. The second kappa shape index (κ2) is 8.97. The van der Waals surface area contributed by atoms with Crippen molar-refractivity contribution >= 4 is 17.6 Å². The molecule has 0 aliphatic carbocycles. The number of hydrogen-bond acceptors (Lipinski definition) is 6. The third kappa shape index (κ3) is 4.51. The average molecular weight is 428 g/mol. The largest absolute Gasteiger partial charge is 0.490 e. The van der Waals surface area contributed by atoms with Gasteiger partial charge in [0, 0.05) is 31.7 Å². The highest BCUT2D eigenvalue weighted by Crippen LogP contribution is 2.34. The van der Waals surface area contributed by atoms with Gasteiger partial charge in [-0.3, -0.25) is 9.69 Å². The number of aromatic nitrogens is 1. The molecule has 0 radical (unpaired) electrons. The van der Waals surface area contributed by atoms with Crippen LogP contribution < -0.4 is 15.4 Å². The van der Waals surface area contributed by atoms with Crippen LogP contribution in [0.1, 0.15) is 24.8 Å². The first-order valence-electron chi connectivity index (χ1n) is 10.7. The Bertz CT molecular complexity index is 953. The van der Waals surface area contributed by atoms with Gasteiger partial charge < -0.3 is 24.8 Å². The zero-order valence-corrected chi connectivity index (χ0v) is 18.2. The van der Waals surface area contributed by atoms with E-state index in [2.05, 4.69) is 20.7 Å². The maximum absolute atomic E-state index is 12.8. The standard InChI is InChI=1S/C22H29N5O4/c1-4-7-23-22(29)27-9-8-26-12-20(28)24-18-10-16(21-14(2)25-31-15(21)3)5-6-19(18)30-13-17(26)11-27/h5-6,10,17H,4,7-9,11-13H2,1-3H3,(H,23,29)(H,24,28)/t17-/m1/s1. The van der Waals surface area contributed by atoms with Crippen LogP contribution in [0.15, 0.2) is 22.7 Å². The van der Waals surface area contributed by atoms with Crippen molar-refractivity contribution in [2.75, 3.05) is 44.6 Å². The summed E-state index contributed by atoms with van der Waals surface area (Å²) in [5.41, 5.74) is 3.25. The van der Waals surface area contributed by atoms with Crippen LogP contribution in [0.2, 0.25) is 0 Å². The number of piperazine rings is 1. The first-order chi connectivity index (χ1) is 15.0. The Morgan fingerprint density at radius 1 is 1.32 bits per heavy atom. The van der Waals surface area contributed by atoms with Crippen LogP contribution in [0.5, 0.6) is 5.75 Å². The van der Waals surface area contributed by atoms with Crippen molar-refractivity contribution in [1.82, 2.24) is 20.3 Å². The third-order valence-corrected chi connectivity index (χ3v) is 5.77. The number of urea groups is 1. The molecular weight excluding hydrogens is 398 g/mol. The van der Waals surface area contributed by atoms with Crippen LogP contribution in [0.4, 0.5) is 10.5 Å². The molecule has 1 saturated heterocycles. The van der Waals surface area contributed by atoms with E-state index in [1.807, 2.05) is 39.0 Å². The van der Waals surface area contributed by atoms with Crippen LogP contribution in [0.25, 0.3) is 11.1 Å². The predicted molar refractivity (Wildman–Crippen MR) is 116 cm³/mol. The number of anilines is 1. The van der Waals surface area contributed by atoms with Gasteiger partial charge in [0.2, 0.25) is 5.91 Å². The molecular formula is C22H29N5O4. The molecule has 0 unspecified atom stereocenters. The number of rotatable bonds is 3.